The Morgan fingerprint density at radius 1 is 1.00 bits per heavy atom. The fourth-order valence-electron chi connectivity index (χ4n) is 3.47. The van der Waals surface area contributed by atoms with Gasteiger partial charge in [0.15, 0.2) is 0 Å². The molecule has 0 saturated carbocycles. The minimum absolute atomic E-state index is 0.0745. The van der Waals surface area contributed by atoms with Crippen molar-refractivity contribution in [1.82, 2.24) is 10.4 Å². The largest absolute Gasteiger partial charge is 0.278 e. The van der Waals surface area contributed by atoms with E-state index in [-0.39, 0.29) is 24.0 Å². The number of benzene rings is 2. The lowest BCUT2D eigenvalue weighted by atomic mass is 10.2. The summed E-state index contributed by atoms with van der Waals surface area (Å²) in [7, 11) is 0. The Balaban J connectivity index is 2.01. The zero-order valence-electron chi connectivity index (χ0n) is 15.3. The van der Waals surface area contributed by atoms with E-state index in [0.29, 0.717) is 6.42 Å². The molecule has 0 aliphatic carbocycles. The highest BCUT2D eigenvalue weighted by molar-refractivity contribution is 5.79. The molecule has 0 unspecified atom stereocenters. The Labute approximate surface area is 153 Å². The molecule has 2 atom stereocenters. The first-order valence-corrected chi connectivity index (χ1v) is 8.74. The summed E-state index contributed by atoms with van der Waals surface area (Å²) < 4.78 is 0. The maximum absolute atomic E-state index is 12.6. The van der Waals surface area contributed by atoms with Crippen LogP contribution in [-0.2, 0) is 9.59 Å². The number of amides is 2. The van der Waals surface area contributed by atoms with Gasteiger partial charge in [0.1, 0.15) is 6.17 Å². The number of hydrogen-bond donors (Lipinski definition) is 1. The second-order valence-electron chi connectivity index (χ2n) is 6.48. The second-order valence-corrected chi connectivity index (χ2v) is 6.48. The van der Waals surface area contributed by atoms with E-state index in [9.17, 15) is 9.59 Å². The summed E-state index contributed by atoms with van der Waals surface area (Å²) in [5.41, 5.74) is 4.68. The summed E-state index contributed by atoms with van der Waals surface area (Å²) in [5, 5.41) is 5.51. The van der Waals surface area contributed by atoms with E-state index >= 15 is 0 Å². The standard InChI is InChI=1S/C20H24N4O2/c1-15-14-20(22(21-16(2)25)18-10-6-4-7-11-18)24(17(3)26)23(15)19-12-8-5-9-13-19/h4-13,15,20H,14H2,1-3H3,(H,21,25)/t15-,20-/m1/s1. The molecule has 2 amide bonds. The number of carbonyl (C=O) groups excluding carboxylic acids is 2. The molecule has 2 aromatic carbocycles. The summed E-state index contributed by atoms with van der Waals surface area (Å²) in [5.74, 6) is -0.252. The molecule has 2 aromatic rings. The molecule has 1 aliphatic heterocycles. The molecule has 6 nitrogen and oxygen atoms in total. The molecule has 3 rings (SSSR count). The Kier molecular flexibility index (Phi) is 5.11. The van der Waals surface area contributed by atoms with Crippen molar-refractivity contribution in [3.63, 3.8) is 0 Å². The molecule has 6 heteroatoms. The first kappa shape index (κ1) is 17.8. The Hall–Kier alpha value is -3.02. The van der Waals surface area contributed by atoms with Gasteiger partial charge in [-0.15, -0.1) is 0 Å². The molecule has 0 aromatic heterocycles. The van der Waals surface area contributed by atoms with Gasteiger partial charge in [-0.2, -0.15) is 0 Å². The lowest BCUT2D eigenvalue weighted by Gasteiger charge is -2.39. The molecule has 0 radical (unpaired) electrons. The molecule has 0 bridgehead atoms. The molecule has 1 aliphatic rings. The first-order valence-electron chi connectivity index (χ1n) is 8.74. The van der Waals surface area contributed by atoms with Crippen LogP contribution in [0, 0.1) is 0 Å². The highest BCUT2D eigenvalue weighted by atomic mass is 16.2. The predicted molar refractivity (Wildman–Crippen MR) is 102 cm³/mol. The van der Waals surface area contributed by atoms with Gasteiger partial charge >= 0.3 is 0 Å². The number of carbonyl (C=O) groups is 2. The molecule has 26 heavy (non-hydrogen) atoms. The van der Waals surface area contributed by atoms with E-state index in [1.54, 1.807) is 16.9 Å². The Morgan fingerprint density at radius 3 is 2.12 bits per heavy atom. The molecule has 1 N–H and O–H groups in total. The van der Waals surface area contributed by atoms with Crippen LogP contribution in [0.1, 0.15) is 27.2 Å². The van der Waals surface area contributed by atoms with Gasteiger partial charge < -0.3 is 0 Å². The normalized spacial score (nSPS) is 19.3. The summed E-state index contributed by atoms with van der Waals surface area (Å²) in [6.07, 6.45) is 0.387. The average Bonchev–Trinajstić information content (AvgIpc) is 2.98. The van der Waals surface area contributed by atoms with E-state index in [4.69, 9.17) is 0 Å². The lowest BCUT2D eigenvalue weighted by Crippen LogP contribution is -2.57. The number of hydrazine groups is 2. The number of anilines is 2. The fourth-order valence-corrected chi connectivity index (χ4v) is 3.47. The highest BCUT2D eigenvalue weighted by Crippen LogP contribution is 2.33. The molecule has 136 valence electrons. The third-order valence-corrected chi connectivity index (χ3v) is 4.44. The maximum atomic E-state index is 12.6. The van der Waals surface area contributed by atoms with Crippen LogP contribution in [-0.4, -0.2) is 29.0 Å². The third-order valence-electron chi connectivity index (χ3n) is 4.44. The summed E-state index contributed by atoms with van der Waals surface area (Å²) >= 11 is 0. The summed E-state index contributed by atoms with van der Waals surface area (Å²) in [6.45, 7) is 5.11. The van der Waals surface area contributed by atoms with Crippen LogP contribution in [0.15, 0.2) is 60.7 Å². The number of hydrogen-bond acceptors (Lipinski definition) is 4. The zero-order chi connectivity index (χ0) is 18.7. The van der Waals surface area contributed by atoms with Crippen LogP contribution in [0.3, 0.4) is 0 Å². The van der Waals surface area contributed by atoms with Crippen LogP contribution in [0.25, 0.3) is 0 Å². The van der Waals surface area contributed by atoms with Crippen LogP contribution < -0.4 is 15.4 Å². The fraction of sp³-hybridized carbons (Fsp3) is 0.300. The zero-order valence-corrected chi connectivity index (χ0v) is 15.3. The van der Waals surface area contributed by atoms with Crippen molar-refractivity contribution in [1.29, 1.82) is 0 Å². The van der Waals surface area contributed by atoms with Gasteiger partial charge in [0.05, 0.1) is 17.4 Å². The topological polar surface area (TPSA) is 55.9 Å². The lowest BCUT2D eigenvalue weighted by molar-refractivity contribution is -0.131. The maximum Gasteiger partial charge on any atom is 0.240 e. The molecule has 0 spiro atoms. The van der Waals surface area contributed by atoms with Gasteiger partial charge in [0, 0.05) is 20.3 Å². The van der Waals surface area contributed by atoms with Crippen molar-refractivity contribution in [2.45, 2.75) is 39.4 Å². The second kappa shape index (κ2) is 7.47. The van der Waals surface area contributed by atoms with Gasteiger partial charge in [-0.3, -0.25) is 25.0 Å². The van der Waals surface area contributed by atoms with Crippen molar-refractivity contribution >= 4 is 23.2 Å². The van der Waals surface area contributed by atoms with Crippen LogP contribution in [0.2, 0.25) is 0 Å². The third kappa shape index (κ3) is 3.49. The Bertz CT molecular complexity index is 766. The van der Waals surface area contributed by atoms with Gasteiger partial charge in [-0.25, -0.2) is 5.01 Å². The summed E-state index contributed by atoms with van der Waals surface area (Å²) in [4.78, 5) is 24.4. The van der Waals surface area contributed by atoms with Crippen molar-refractivity contribution in [3.05, 3.63) is 60.7 Å². The minimum atomic E-state index is -0.311. The van der Waals surface area contributed by atoms with Crippen molar-refractivity contribution in [2.24, 2.45) is 0 Å². The highest BCUT2D eigenvalue weighted by Gasteiger charge is 2.42. The van der Waals surface area contributed by atoms with Gasteiger partial charge in [0.2, 0.25) is 11.8 Å². The number of nitrogens with one attached hydrogen (secondary N) is 1. The molecular formula is C20H24N4O2. The molecular weight excluding hydrogens is 328 g/mol. The number of para-hydroxylation sites is 2. The van der Waals surface area contributed by atoms with E-state index in [2.05, 4.69) is 12.3 Å². The van der Waals surface area contributed by atoms with E-state index < -0.39 is 0 Å². The van der Waals surface area contributed by atoms with Crippen LogP contribution in [0.4, 0.5) is 11.4 Å². The van der Waals surface area contributed by atoms with E-state index in [1.807, 2.05) is 65.7 Å². The molecule has 1 saturated heterocycles. The van der Waals surface area contributed by atoms with Gasteiger partial charge in [-0.1, -0.05) is 36.4 Å². The van der Waals surface area contributed by atoms with E-state index in [1.165, 1.54) is 6.92 Å². The number of nitrogens with zero attached hydrogens (tertiary/aromatic N) is 3. The number of rotatable bonds is 4. The molecule has 1 heterocycles. The smallest absolute Gasteiger partial charge is 0.240 e. The quantitative estimate of drug-likeness (QED) is 0.860. The molecule has 1 fully saturated rings. The predicted octanol–water partition coefficient (Wildman–Crippen LogP) is 2.93. The van der Waals surface area contributed by atoms with Crippen LogP contribution in [0.5, 0.6) is 0 Å². The SMILES string of the molecule is CC(=O)NN(c1ccccc1)[C@H]1C[C@@H](C)N(c2ccccc2)N1C(C)=O. The average molecular weight is 352 g/mol. The Morgan fingerprint density at radius 2 is 1.58 bits per heavy atom. The van der Waals surface area contributed by atoms with Crippen molar-refractivity contribution < 1.29 is 9.59 Å². The van der Waals surface area contributed by atoms with Crippen molar-refractivity contribution in [2.75, 3.05) is 10.0 Å². The van der Waals surface area contributed by atoms with Gasteiger partial charge in [0.25, 0.3) is 0 Å². The first-order chi connectivity index (χ1) is 12.5. The van der Waals surface area contributed by atoms with Crippen LogP contribution >= 0.6 is 0 Å². The minimum Gasteiger partial charge on any atom is -0.278 e. The van der Waals surface area contributed by atoms with Gasteiger partial charge in [-0.05, 0) is 31.2 Å². The van der Waals surface area contributed by atoms with Crippen molar-refractivity contribution in [3.8, 4) is 0 Å². The van der Waals surface area contributed by atoms with E-state index in [0.717, 1.165) is 11.4 Å². The monoisotopic (exact) mass is 352 g/mol. The summed E-state index contributed by atoms with van der Waals surface area (Å²) in [6, 6.07) is 19.5.